The van der Waals surface area contributed by atoms with Crippen molar-refractivity contribution in [2.24, 2.45) is 0 Å². The molecule has 2 fully saturated rings. The van der Waals surface area contributed by atoms with E-state index in [4.69, 9.17) is 23.2 Å². The molecule has 0 saturated heterocycles. The molecule has 6 aromatic heterocycles. The Hall–Kier alpha value is -3.58. The van der Waals surface area contributed by atoms with Gasteiger partial charge in [0.05, 0.1) is 23.4 Å². The zero-order valence-corrected chi connectivity index (χ0v) is 30.3. The van der Waals surface area contributed by atoms with Crippen molar-refractivity contribution in [1.82, 2.24) is 29.1 Å². The fraction of sp³-hybridized carbons (Fsp3) is 0.419. The van der Waals surface area contributed by atoms with E-state index in [0.29, 0.717) is 20.4 Å². The molecule has 0 unspecified atom stereocenters. The van der Waals surface area contributed by atoms with Crippen LogP contribution in [-0.2, 0) is 10.1 Å². The van der Waals surface area contributed by atoms with Crippen LogP contribution in [0.4, 0.5) is 13.2 Å². The SMILES string of the molecule is O=c1c2sc3nc(Cl)cc(OS(=O)(=O)C(F)(F)F)c3c2ncn1C1CCCCC1.O=c1cc(Cl)[nH]c2sc3c(=O)n(C4CCCCC4)cnc3c12. The van der Waals surface area contributed by atoms with E-state index in [-0.39, 0.29) is 59.4 Å². The summed E-state index contributed by atoms with van der Waals surface area (Å²) in [5.41, 5.74) is -5.73. The first-order valence-electron chi connectivity index (χ1n) is 16.0. The van der Waals surface area contributed by atoms with Gasteiger partial charge >= 0.3 is 15.6 Å². The largest absolute Gasteiger partial charge is 0.534 e. The van der Waals surface area contributed by atoms with E-state index in [2.05, 4.69) is 24.1 Å². The zero-order chi connectivity index (χ0) is 36.2. The minimum absolute atomic E-state index is 0.00348. The van der Waals surface area contributed by atoms with Gasteiger partial charge in [0.25, 0.3) is 11.1 Å². The lowest BCUT2D eigenvalue weighted by atomic mass is 9.95. The van der Waals surface area contributed by atoms with E-state index in [1.807, 2.05) is 0 Å². The third-order valence-electron chi connectivity index (χ3n) is 9.09. The highest BCUT2D eigenvalue weighted by Crippen LogP contribution is 2.40. The monoisotopic (exact) mass is 802 g/mol. The number of hydrogen-bond donors (Lipinski definition) is 1. The number of halogens is 5. The first-order chi connectivity index (χ1) is 24.2. The van der Waals surface area contributed by atoms with E-state index in [1.54, 1.807) is 10.9 Å². The number of alkyl halides is 3. The highest BCUT2D eigenvalue weighted by Gasteiger charge is 2.49. The van der Waals surface area contributed by atoms with Crippen LogP contribution >= 0.6 is 45.9 Å². The first kappa shape index (κ1) is 35.8. The third-order valence-corrected chi connectivity index (χ3v) is 12.6. The quantitative estimate of drug-likeness (QED) is 0.106. The highest BCUT2D eigenvalue weighted by molar-refractivity contribution is 7.88. The molecular weight excluding hydrogens is 776 g/mol. The lowest BCUT2D eigenvalue weighted by Gasteiger charge is -2.23. The summed E-state index contributed by atoms with van der Waals surface area (Å²) in [4.78, 5) is 54.1. The molecule has 0 aromatic carbocycles. The smallest absolute Gasteiger partial charge is 0.375 e. The van der Waals surface area contributed by atoms with Gasteiger partial charge in [-0.05, 0) is 25.7 Å². The van der Waals surface area contributed by atoms with Crippen molar-refractivity contribution in [3.8, 4) is 5.75 Å². The summed E-state index contributed by atoms with van der Waals surface area (Å²) < 4.78 is 69.4. The second-order valence-corrected chi connectivity index (χ2v) is 16.7. The van der Waals surface area contributed by atoms with E-state index in [0.717, 1.165) is 75.2 Å². The van der Waals surface area contributed by atoms with Crippen LogP contribution in [0.2, 0.25) is 10.3 Å². The maximum Gasteiger partial charge on any atom is 0.534 e. The summed E-state index contributed by atoms with van der Waals surface area (Å²) in [7, 11) is -5.93. The molecule has 0 radical (unpaired) electrons. The molecule has 20 heteroatoms. The molecule has 1 N–H and O–H groups in total. The third kappa shape index (κ3) is 6.76. The number of aromatic amines is 1. The molecular formula is C31H27Cl2F3N6O6S3. The van der Waals surface area contributed by atoms with Crippen LogP contribution < -0.4 is 20.7 Å². The summed E-state index contributed by atoms with van der Waals surface area (Å²) in [5.74, 6) is -0.675. The van der Waals surface area contributed by atoms with Crippen molar-refractivity contribution in [2.45, 2.75) is 81.8 Å². The van der Waals surface area contributed by atoms with E-state index in [9.17, 15) is 36.0 Å². The van der Waals surface area contributed by atoms with Crippen LogP contribution in [-0.4, -0.2) is 43.0 Å². The van der Waals surface area contributed by atoms with Gasteiger partial charge in [0.2, 0.25) is 0 Å². The van der Waals surface area contributed by atoms with E-state index in [1.165, 1.54) is 34.7 Å². The van der Waals surface area contributed by atoms with Gasteiger partial charge in [0.15, 0.2) is 11.2 Å². The molecule has 2 aliphatic rings. The molecule has 51 heavy (non-hydrogen) atoms. The number of H-pyrrole nitrogens is 1. The Morgan fingerprint density at radius 2 is 1.33 bits per heavy atom. The normalized spacial score (nSPS) is 16.6. The number of aromatic nitrogens is 6. The maximum absolute atomic E-state index is 13.0. The van der Waals surface area contributed by atoms with Crippen molar-refractivity contribution >= 4 is 96.9 Å². The van der Waals surface area contributed by atoms with Gasteiger partial charge in [-0.2, -0.15) is 21.6 Å². The summed E-state index contributed by atoms with van der Waals surface area (Å²) in [6.45, 7) is 0. The second kappa shape index (κ2) is 13.8. The number of rotatable bonds is 4. The highest BCUT2D eigenvalue weighted by atomic mass is 35.5. The van der Waals surface area contributed by atoms with Crippen molar-refractivity contribution in [1.29, 1.82) is 0 Å². The molecule has 8 rings (SSSR count). The van der Waals surface area contributed by atoms with Gasteiger partial charge in [-0.15, -0.1) is 22.7 Å². The van der Waals surface area contributed by atoms with Crippen molar-refractivity contribution in [2.75, 3.05) is 0 Å². The van der Waals surface area contributed by atoms with Gasteiger partial charge in [0, 0.05) is 24.2 Å². The number of pyridine rings is 2. The standard InChI is InChI=1S/C16H13ClF3N3O4S2.C15H14ClN3O2S/c17-10-6-9(27-29(25,26)16(18,19)20)11-12-13(28-14(11)22-10)15(24)23(7-21-12)8-4-2-1-3-5-8;16-10-6-9(20)11-12-13(22-14(11)18-10)15(21)19(7-17-12)8-4-2-1-3-5-8/h6-8H,1-5H2;6-8H,1-5H2,(H,18,20). The Balaban J connectivity index is 0.000000165. The summed E-state index contributed by atoms with van der Waals surface area (Å²) in [6, 6.07) is 2.40. The number of fused-ring (bicyclic) bond motifs is 6. The lowest BCUT2D eigenvalue weighted by Crippen LogP contribution is -2.28. The molecule has 12 nitrogen and oxygen atoms in total. The molecule has 0 bridgehead atoms. The summed E-state index contributed by atoms with van der Waals surface area (Å²) in [6.07, 6.45) is 13.2. The Kier molecular flexibility index (Phi) is 9.66. The molecule has 0 aliphatic heterocycles. The molecule has 0 atom stereocenters. The molecule has 270 valence electrons. The predicted octanol–water partition coefficient (Wildman–Crippen LogP) is 7.85. The molecule has 2 aliphatic carbocycles. The molecule has 0 spiro atoms. The van der Waals surface area contributed by atoms with Gasteiger partial charge < -0.3 is 9.17 Å². The average Bonchev–Trinajstić information content (AvgIpc) is 3.65. The average molecular weight is 804 g/mol. The van der Waals surface area contributed by atoms with Crippen molar-refractivity contribution in [3.63, 3.8) is 0 Å². The van der Waals surface area contributed by atoms with Crippen molar-refractivity contribution in [3.05, 3.63) is 66.0 Å². The topological polar surface area (TPSA) is 159 Å². The van der Waals surface area contributed by atoms with Gasteiger partial charge in [-0.25, -0.2) is 15.0 Å². The number of thiophene rings is 2. The number of nitrogens with zero attached hydrogens (tertiary/aromatic N) is 5. The van der Waals surface area contributed by atoms with Crippen LogP contribution in [0, 0.1) is 0 Å². The summed E-state index contributed by atoms with van der Waals surface area (Å²) >= 11 is 13.9. The number of nitrogens with one attached hydrogen (secondary N) is 1. The maximum atomic E-state index is 13.0. The van der Waals surface area contributed by atoms with Gasteiger partial charge in [-0.1, -0.05) is 61.7 Å². The van der Waals surface area contributed by atoms with E-state index >= 15 is 0 Å². The Morgan fingerprint density at radius 1 is 0.804 bits per heavy atom. The minimum Gasteiger partial charge on any atom is -0.375 e. The van der Waals surface area contributed by atoms with E-state index < -0.39 is 21.4 Å². The fourth-order valence-electron chi connectivity index (χ4n) is 6.68. The van der Waals surface area contributed by atoms with Crippen LogP contribution in [0.3, 0.4) is 0 Å². The Labute approximate surface area is 304 Å². The Morgan fingerprint density at radius 3 is 1.88 bits per heavy atom. The summed E-state index contributed by atoms with van der Waals surface area (Å²) in [5, 5.41) is 0.355. The van der Waals surface area contributed by atoms with Crippen molar-refractivity contribution < 1.29 is 25.8 Å². The van der Waals surface area contributed by atoms with Gasteiger partial charge in [0.1, 0.15) is 40.4 Å². The fourth-order valence-corrected chi connectivity index (χ4v) is 9.81. The first-order valence-corrected chi connectivity index (χ1v) is 19.8. The second-order valence-electron chi connectivity index (χ2n) is 12.3. The zero-order valence-electron chi connectivity index (χ0n) is 26.3. The molecule has 0 amide bonds. The van der Waals surface area contributed by atoms with Gasteiger partial charge in [-0.3, -0.25) is 23.5 Å². The molecule has 2 saturated carbocycles. The minimum atomic E-state index is -5.93. The van der Waals surface area contributed by atoms with Crippen LogP contribution in [0.5, 0.6) is 5.75 Å². The molecule has 6 aromatic rings. The predicted molar refractivity (Wildman–Crippen MR) is 191 cm³/mol. The lowest BCUT2D eigenvalue weighted by molar-refractivity contribution is -0.0499. The number of hydrogen-bond acceptors (Lipinski definition) is 11. The Bertz CT molecular complexity index is 2610. The van der Waals surface area contributed by atoms with Crippen LogP contribution in [0.1, 0.15) is 76.3 Å². The van der Waals surface area contributed by atoms with Crippen LogP contribution in [0.25, 0.3) is 40.9 Å². The molecule has 6 heterocycles. The van der Waals surface area contributed by atoms with Crippen LogP contribution in [0.15, 0.2) is 39.2 Å².